The van der Waals surface area contributed by atoms with E-state index >= 15 is 0 Å². The minimum atomic E-state index is -0.0913. The molecular weight excluding hydrogens is 214 g/mol. The first-order chi connectivity index (χ1) is 8.20. The number of hydrogen-bond donors (Lipinski definition) is 0. The SMILES string of the molecule is CCN(CCC#N)C(C)C(=O)N1CCCCC1. The Morgan fingerprint density at radius 1 is 1.41 bits per heavy atom. The average Bonchev–Trinajstić information content (AvgIpc) is 2.39. The molecule has 0 aliphatic carbocycles. The van der Waals surface area contributed by atoms with E-state index in [1.165, 1.54) is 6.42 Å². The average molecular weight is 237 g/mol. The molecule has 1 rings (SSSR count). The first-order valence-corrected chi connectivity index (χ1v) is 6.60. The molecule has 0 aromatic carbocycles. The van der Waals surface area contributed by atoms with E-state index in [4.69, 9.17) is 5.26 Å². The van der Waals surface area contributed by atoms with E-state index in [0.717, 1.165) is 32.5 Å². The van der Waals surface area contributed by atoms with Crippen molar-refractivity contribution >= 4 is 5.91 Å². The lowest BCUT2D eigenvalue weighted by Crippen LogP contribution is -2.48. The maximum absolute atomic E-state index is 12.3. The fraction of sp³-hybridized carbons (Fsp3) is 0.846. The number of nitrogens with zero attached hydrogens (tertiary/aromatic N) is 3. The number of piperidine rings is 1. The van der Waals surface area contributed by atoms with Crippen molar-refractivity contribution < 1.29 is 4.79 Å². The molecule has 1 amide bonds. The molecule has 0 bridgehead atoms. The highest BCUT2D eigenvalue weighted by Crippen LogP contribution is 2.12. The molecule has 1 heterocycles. The van der Waals surface area contributed by atoms with Crippen LogP contribution in [0.5, 0.6) is 0 Å². The molecule has 0 saturated carbocycles. The summed E-state index contributed by atoms with van der Waals surface area (Å²) in [4.78, 5) is 16.3. The molecule has 4 nitrogen and oxygen atoms in total. The fourth-order valence-electron chi connectivity index (χ4n) is 2.35. The second kappa shape index (κ2) is 7.29. The van der Waals surface area contributed by atoms with E-state index in [1.54, 1.807) is 0 Å². The molecule has 1 saturated heterocycles. The van der Waals surface area contributed by atoms with Gasteiger partial charge in [-0.15, -0.1) is 0 Å². The summed E-state index contributed by atoms with van der Waals surface area (Å²) in [6, 6.07) is 2.05. The van der Waals surface area contributed by atoms with Crippen LogP contribution in [0.15, 0.2) is 0 Å². The van der Waals surface area contributed by atoms with Crippen molar-refractivity contribution in [3.05, 3.63) is 0 Å². The van der Waals surface area contributed by atoms with Crippen LogP contribution in [0.1, 0.15) is 39.5 Å². The standard InChI is InChI=1S/C13H23N3O/c1-3-15(11-7-8-14)12(2)13(17)16-9-5-4-6-10-16/h12H,3-7,9-11H2,1-2H3. The minimum absolute atomic E-state index is 0.0913. The van der Waals surface area contributed by atoms with Crippen LogP contribution in [0.4, 0.5) is 0 Å². The van der Waals surface area contributed by atoms with Gasteiger partial charge in [-0.3, -0.25) is 9.69 Å². The van der Waals surface area contributed by atoms with Gasteiger partial charge in [0.1, 0.15) is 0 Å². The van der Waals surface area contributed by atoms with Gasteiger partial charge in [-0.25, -0.2) is 0 Å². The predicted octanol–water partition coefficient (Wildman–Crippen LogP) is 1.62. The van der Waals surface area contributed by atoms with Gasteiger partial charge in [0.15, 0.2) is 0 Å². The fourth-order valence-corrected chi connectivity index (χ4v) is 2.35. The quantitative estimate of drug-likeness (QED) is 0.730. The predicted molar refractivity (Wildman–Crippen MR) is 67.4 cm³/mol. The number of nitriles is 1. The molecule has 1 fully saturated rings. The number of amides is 1. The Bertz CT molecular complexity index is 279. The minimum Gasteiger partial charge on any atom is -0.341 e. The van der Waals surface area contributed by atoms with Gasteiger partial charge in [0.2, 0.25) is 5.91 Å². The number of hydrogen-bond acceptors (Lipinski definition) is 3. The lowest BCUT2D eigenvalue weighted by molar-refractivity contribution is -0.137. The second-order valence-electron chi connectivity index (χ2n) is 4.60. The van der Waals surface area contributed by atoms with Gasteiger partial charge in [-0.2, -0.15) is 5.26 Å². The third-order valence-electron chi connectivity index (χ3n) is 3.49. The molecule has 0 aromatic rings. The number of carbonyl (C=O) groups is 1. The number of likely N-dealkylation sites (N-methyl/N-ethyl adjacent to an activating group) is 1. The summed E-state index contributed by atoms with van der Waals surface area (Å²) in [6.45, 7) is 7.31. The van der Waals surface area contributed by atoms with Crippen molar-refractivity contribution in [2.75, 3.05) is 26.2 Å². The molecule has 1 aliphatic rings. The van der Waals surface area contributed by atoms with Gasteiger partial charge in [0.25, 0.3) is 0 Å². The smallest absolute Gasteiger partial charge is 0.239 e. The Balaban J connectivity index is 2.50. The van der Waals surface area contributed by atoms with Crippen LogP contribution >= 0.6 is 0 Å². The van der Waals surface area contributed by atoms with E-state index in [1.807, 2.05) is 18.7 Å². The van der Waals surface area contributed by atoms with Crippen LogP contribution in [0.3, 0.4) is 0 Å². The summed E-state index contributed by atoms with van der Waals surface area (Å²) in [6.07, 6.45) is 3.99. The van der Waals surface area contributed by atoms with Crippen LogP contribution in [0.2, 0.25) is 0 Å². The maximum atomic E-state index is 12.3. The molecule has 1 atom stereocenters. The molecular formula is C13H23N3O. The first-order valence-electron chi connectivity index (χ1n) is 6.60. The van der Waals surface area contributed by atoms with E-state index in [0.29, 0.717) is 13.0 Å². The number of carbonyl (C=O) groups excluding carboxylic acids is 1. The summed E-state index contributed by atoms with van der Waals surface area (Å²) in [7, 11) is 0. The molecule has 1 aliphatic heterocycles. The van der Waals surface area contributed by atoms with Crippen LogP contribution < -0.4 is 0 Å². The van der Waals surface area contributed by atoms with Crippen molar-refractivity contribution in [3.8, 4) is 6.07 Å². The number of likely N-dealkylation sites (tertiary alicyclic amines) is 1. The van der Waals surface area contributed by atoms with Gasteiger partial charge in [0, 0.05) is 26.1 Å². The Morgan fingerprint density at radius 2 is 2.06 bits per heavy atom. The van der Waals surface area contributed by atoms with Crippen molar-refractivity contribution in [3.63, 3.8) is 0 Å². The first kappa shape index (κ1) is 14.0. The zero-order valence-electron chi connectivity index (χ0n) is 11.0. The molecule has 1 unspecified atom stereocenters. The van der Waals surface area contributed by atoms with Gasteiger partial charge < -0.3 is 4.90 Å². The molecule has 17 heavy (non-hydrogen) atoms. The Labute approximate surface area is 104 Å². The highest BCUT2D eigenvalue weighted by molar-refractivity contribution is 5.81. The Kier molecular flexibility index (Phi) is 5.99. The summed E-state index contributed by atoms with van der Waals surface area (Å²) in [5.41, 5.74) is 0. The number of rotatable bonds is 5. The monoisotopic (exact) mass is 237 g/mol. The lowest BCUT2D eigenvalue weighted by Gasteiger charge is -2.33. The Morgan fingerprint density at radius 3 is 2.59 bits per heavy atom. The van der Waals surface area contributed by atoms with Crippen LogP contribution in [0.25, 0.3) is 0 Å². The van der Waals surface area contributed by atoms with Crippen molar-refractivity contribution in [2.45, 2.75) is 45.6 Å². The molecule has 0 radical (unpaired) electrons. The molecule has 4 heteroatoms. The summed E-state index contributed by atoms with van der Waals surface area (Å²) >= 11 is 0. The van der Waals surface area contributed by atoms with Crippen molar-refractivity contribution in [2.24, 2.45) is 0 Å². The van der Waals surface area contributed by atoms with Crippen molar-refractivity contribution in [1.82, 2.24) is 9.80 Å². The van der Waals surface area contributed by atoms with E-state index < -0.39 is 0 Å². The van der Waals surface area contributed by atoms with Crippen LogP contribution in [-0.2, 0) is 4.79 Å². The Hall–Kier alpha value is -1.08. The van der Waals surface area contributed by atoms with E-state index in [9.17, 15) is 4.79 Å². The van der Waals surface area contributed by atoms with Gasteiger partial charge in [-0.1, -0.05) is 6.92 Å². The molecule has 0 N–H and O–H groups in total. The highest BCUT2D eigenvalue weighted by atomic mass is 16.2. The molecule has 0 spiro atoms. The maximum Gasteiger partial charge on any atom is 0.239 e. The summed E-state index contributed by atoms with van der Waals surface area (Å²) < 4.78 is 0. The van der Waals surface area contributed by atoms with E-state index in [-0.39, 0.29) is 11.9 Å². The van der Waals surface area contributed by atoms with E-state index in [2.05, 4.69) is 11.0 Å². The summed E-state index contributed by atoms with van der Waals surface area (Å²) in [5, 5.41) is 8.61. The van der Waals surface area contributed by atoms with Gasteiger partial charge in [-0.05, 0) is 32.7 Å². The molecule has 96 valence electrons. The van der Waals surface area contributed by atoms with Crippen molar-refractivity contribution in [1.29, 1.82) is 5.26 Å². The summed E-state index contributed by atoms with van der Waals surface area (Å²) in [5.74, 6) is 0.226. The third-order valence-corrected chi connectivity index (χ3v) is 3.49. The highest BCUT2D eigenvalue weighted by Gasteiger charge is 2.25. The second-order valence-corrected chi connectivity index (χ2v) is 4.60. The topological polar surface area (TPSA) is 47.3 Å². The van der Waals surface area contributed by atoms with Gasteiger partial charge >= 0.3 is 0 Å². The zero-order chi connectivity index (χ0) is 12.7. The van der Waals surface area contributed by atoms with Gasteiger partial charge in [0.05, 0.1) is 12.1 Å². The van der Waals surface area contributed by atoms with Crippen LogP contribution in [0, 0.1) is 11.3 Å². The largest absolute Gasteiger partial charge is 0.341 e. The van der Waals surface area contributed by atoms with Crippen LogP contribution in [-0.4, -0.2) is 47.9 Å². The lowest BCUT2D eigenvalue weighted by atomic mass is 10.1. The zero-order valence-corrected chi connectivity index (χ0v) is 11.0. The third kappa shape index (κ3) is 4.01. The normalized spacial score (nSPS) is 17.9. The molecule has 0 aromatic heterocycles.